The van der Waals surface area contributed by atoms with E-state index in [0.717, 1.165) is 17.5 Å². The van der Waals surface area contributed by atoms with E-state index in [1.54, 1.807) is 47.6 Å². The van der Waals surface area contributed by atoms with Crippen LogP contribution in [0.4, 0.5) is 0 Å². The number of ether oxygens (including phenoxy) is 2. The molecule has 1 atom stereocenters. The molecular weight excluding hydrogens is 519 g/mol. The van der Waals surface area contributed by atoms with Crippen molar-refractivity contribution in [3.05, 3.63) is 86.0 Å². The Labute approximate surface area is 225 Å². The van der Waals surface area contributed by atoms with Crippen LogP contribution in [-0.4, -0.2) is 61.6 Å². The third-order valence-corrected chi connectivity index (χ3v) is 7.60. The van der Waals surface area contributed by atoms with Gasteiger partial charge in [0.2, 0.25) is 5.91 Å². The molecule has 2 amide bonds. The summed E-state index contributed by atoms with van der Waals surface area (Å²) in [6.45, 7) is 1.27. The summed E-state index contributed by atoms with van der Waals surface area (Å²) < 4.78 is 10.8. The topological polar surface area (TPSA) is 59.1 Å². The number of thiophene rings is 1. The van der Waals surface area contributed by atoms with Crippen molar-refractivity contribution in [1.82, 2.24) is 9.80 Å². The zero-order chi connectivity index (χ0) is 25.5. The minimum Gasteiger partial charge on any atom is -0.484 e. The van der Waals surface area contributed by atoms with Gasteiger partial charge in [-0.1, -0.05) is 35.3 Å². The average Bonchev–Trinajstić information content (AvgIpc) is 3.36. The molecule has 0 radical (unpaired) electrons. The van der Waals surface area contributed by atoms with Crippen LogP contribution >= 0.6 is 34.5 Å². The molecule has 0 saturated heterocycles. The number of halogens is 2. The molecule has 0 aliphatic carbocycles. The molecule has 0 bridgehead atoms. The van der Waals surface area contributed by atoms with Crippen LogP contribution < -0.4 is 4.74 Å². The van der Waals surface area contributed by atoms with Crippen LogP contribution in [0, 0.1) is 0 Å². The van der Waals surface area contributed by atoms with Crippen molar-refractivity contribution in [2.75, 3.05) is 40.0 Å². The first-order valence-corrected chi connectivity index (χ1v) is 13.4. The van der Waals surface area contributed by atoms with Crippen molar-refractivity contribution >= 4 is 46.4 Å². The van der Waals surface area contributed by atoms with Crippen molar-refractivity contribution in [2.24, 2.45) is 0 Å². The normalized spacial score (nSPS) is 14.9. The van der Waals surface area contributed by atoms with Gasteiger partial charge in [0.1, 0.15) is 5.75 Å². The van der Waals surface area contributed by atoms with E-state index in [9.17, 15) is 9.59 Å². The van der Waals surface area contributed by atoms with E-state index >= 15 is 0 Å². The summed E-state index contributed by atoms with van der Waals surface area (Å²) >= 11 is 13.8. The number of carbonyl (C=O) groups is 2. The number of methoxy groups -OCH3 is 1. The van der Waals surface area contributed by atoms with Crippen molar-refractivity contribution in [2.45, 2.75) is 18.9 Å². The Morgan fingerprint density at radius 2 is 1.75 bits per heavy atom. The van der Waals surface area contributed by atoms with Crippen LogP contribution in [0.3, 0.4) is 0 Å². The molecule has 0 fully saturated rings. The number of hydrogen-bond donors (Lipinski definition) is 0. The first kappa shape index (κ1) is 26.5. The van der Waals surface area contributed by atoms with Crippen molar-refractivity contribution in [1.29, 1.82) is 0 Å². The molecule has 6 nitrogen and oxygen atoms in total. The molecular formula is C27H28Cl2N2O4S. The van der Waals surface area contributed by atoms with Gasteiger partial charge in [-0.25, -0.2) is 0 Å². The maximum atomic E-state index is 13.7. The van der Waals surface area contributed by atoms with Crippen LogP contribution in [0.5, 0.6) is 5.75 Å². The standard InChI is InChI=1S/C27H28Cl2N2O4S/c1-34-15-2-13-30(26(33)18-35-22-9-7-21(29)8-10-22)17-25(32)31-14-11-24-23(12-16-36-24)27(31)19-3-5-20(28)6-4-19/h3-10,12,16,27H,2,11,13-15,17-18H2,1H3. The highest BCUT2D eigenvalue weighted by Crippen LogP contribution is 2.38. The van der Waals surface area contributed by atoms with Gasteiger partial charge in [-0.3, -0.25) is 9.59 Å². The second-order valence-corrected chi connectivity index (χ2v) is 10.4. The highest BCUT2D eigenvalue weighted by molar-refractivity contribution is 7.10. The fourth-order valence-corrected chi connectivity index (χ4v) is 5.46. The molecule has 2 heterocycles. The molecule has 4 rings (SSSR count). The Morgan fingerprint density at radius 1 is 1.06 bits per heavy atom. The molecule has 1 aromatic heterocycles. The van der Waals surface area contributed by atoms with Gasteiger partial charge in [0.15, 0.2) is 6.61 Å². The lowest BCUT2D eigenvalue weighted by Gasteiger charge is -2.37. The molecule has 9 heteroatoms. The fraction of sp³-hybridized carbons (Fsp3) is 0.333. The summed E-state index contributed by atoms with van der Waals surface area (Å²) in [6, 6.07) is 16.3. The molecule has 2 aromatic carbocycles. The molecule has 1 unspecified atom stereocenters. The van der Waals surface area contributed by atoms with E-state index in [1.165, 1.54) is 4.88 Å². The van der Waals surface area contributed by atoms with Gasteiger partial charge in [0.25, 0.3) is 5.91 Å². The zero-order valence-corrected chi connectivity index (χ0v) is 22.3. The SMILES string of the molecule is COCCCN(CC(=O)N1CCc2sccc2C1c1ccc(Cl)cc1)C(=O)COc1ccc(Cl)cc1. The van der Waals surface area contributed by atoms with E-state index in [4.69, 9.17) is 32.7 Å². The van der Waals surface area contributed by atoms with Gasteiger partial charge >= 0.3 is 0 Å². The molecule has 1 aliphatic heterocycles. The van der Waals surface area contributed by atoms with Gasteiger partial charge < -0.3 is 19.3 Å². The van der Waals surface area contributed by atoms with E-state index in [2.05, 4.69) is 11.4 Å². The summed E-state index contributed by atoms with van der Waals surface area (Å²) in [5.74, 6) is 0.175. The summed E-state index contributed by atoms with van der Waals surface area (Å²) in [5, 5.41) is 3.30. The minimum atomic E-state index is -0.259. The van der Waals surface area contributed by atoms with Crippen LogP contribution in [-0.2, 0) is 20.7 Å². The Morgan fingerprint density at radius 3 is 2.44 bits per heavy atom. The number of carbonyl (C=O) groups excluding carboxylic acids is 2. The van der Waals surface area contributed by atoms with E-state index in [-0.39, 0.29) is 31.0 Å². The summed E-state index contributed by atoms with van der Waals surface area (Å²) in [5.41, 5.74) is 2.13. The number of amides is 2. The Kier molecular flexibility index (Phi) is 9.26. The number of benzene rings is 2. The zero-order valence-electron chi connectivity index (χ0n) is 20.0. The summed E-state index contributed by atoms with van der Waals surface area (Å²) in [6.07, 6.45) is 1.41. The van der Waals surface area contributed by atoms with E-state index < -0.39 is 0 Å². The van der Waals surface area contributed by atoms with Crippen LogP contribution in [0.25, 0.3) is 0 Å². The van der Waals surface area contributed by atoms with E-state index in [0.29, 0.717) is 41.9 Å². The largest absolute Gasteiger partial charge is 0.484 e. The molecule has 1 aliphatic rings. The number of fused-ring (bicyclic) bond motifs is 1. The monoisotopic (exact) mass is 546 g/mol. The van der Waals surface area contributed by atoms with Gasteiger partial charge in [-0.2, -0.15) is 0 Å². The highest BCUT2D eigenvalue weighted by Gasteiger charge is 2.34. The maximum absolute atomic E-state index is 13.7. The van der Waals surface area contributed by atoms with Crippen LogP contribution in [0.1, 0.15) is 28.5 Å². The number of nitrogens with zero attached hydrogens (tertiary/aromatic N) is 2. The second-order valence-electron chi connectivity index (χ2n) is 8.49. The Balaban J connectivity index is 1.50. The summed E-state index contributed by atoms with van der Waals surface area (Å²) in [4.78, 5) is 31.5. The van der Waals surface area contributed by atoms with Crippen LogP contribution in [0.15, 0.2) is 60.0 Å². The number of rotatable bonds is 10. The lowest BCUT2D eigenvalue weighted by molar-refractivity contribution is -0.143. The highest BCUT2D eigenvalue weighted by atomic mass is 35.5. The third kappa shape index (κ3) is 6.59. The van der Waals surface area contributed by atoms with Crippen LogP contribution in [0.2, 0.25) is 10.0 Å². The molecule has 190 valence electrons. The van der Waals surface area contributed by atoms with Gasteiger partial charge in [0, 0.05) is 41.7 Å². The first-order valence-electron chi connectivity index (χ1n) is 11.7. The average molecular weight is 548 g/mol. The molecule has 3 aromatic rings. The molecule has 0 spiro atoms. The van der Waals surface area contributed by atoms with Gasteiger partial charge in [-0.05, 0) is 71.8 Å². The maximum Gasteiger partial charge on any atom is 0.260 e. The third-order valence-electron chi connectivity index (χ3n) is 6.10. The van der Waals surface area contributed by atoms with Crippen molar-refractivity contribution in [3.8, 4) is 5.75 Å². The smallest absolute Gasteiger partial charge is 0.260 e. The lowest BCUT2D eigenvalue weighted by Crippen LogP contribution is -2.48. The molecule has 0 N–H and O–H groups in total. The van der Waals surface area contributed by atoms with Gasteiger partial charge in [-0.15, -0.1) is 11.3 Å². The quantitative estimate of drug-likeness (QED) is 0.316. The van der Waals surface area contributed by atoms with Crippen molar-refractivity contribution < 1.29 is 19.1 Å². The molecule has 36 heavy (non-hydrogen) atoms. The Bertz CT molecular complexity index is 1170. The Hall–Kier alpha value is -2.58. The molecule has 0 saturated carbocycles. The minimum absolute atomic E-state index is 0.0317. The second kappa shape index (κ2) is 12.6. The first-order chi connectivity index (χ1) is 17.5. The van der Waals surface area contributed by atoms with Gasteiger partial charge in [0.05, 0.1) is 12.6 Å². The number of hydrogen-bond acceptors (Lipinski definition) is 5. The fourth-order valence-electron chi connectivity index (χ4n) is 4.30. The predicted molar refractivity (Wildman–Crippen MR) is 143 cm³/mol. The lowest BCUT2D eigenvalue weighted by atomic mass is 9.93. The predicted octanol–water partition coefficient (Wildman–Crippen LogP) is 5.47. The van der Waals surface area contributed by atoms with Crippen molar-refractivity contribution in [3.63, 3.8) is 0 Å². The summed E-state index contributed by atoms with van der Waals surface area (Å²) in [7, 11) is 1.61. The van der Waals surface area contributed by atoms with E-state index in [1.807, 2.05) is 29.2 Å².